The van der Waals surface area contributed by atoms with Gasteiger partial charge >= 0.3 is 0 Å². The van der Waals surface area contributed by atoms with Gasteiger partial charge in [0, 0.05) is 21.5 Å². The van der Waals surface area contributed by atoms with E-state index in [2.05, 4.69) is 32.3 Å². The van der Waals surface area contributed by atoms with Crippen LogP contribution in [0.3, 0.4) is 0 Å². The fourth-order valence-corrected chi connectivity index (χ4v) is 3.79. The maximum atomic E-state index is 12.8. The Kier molecular flexibility index (Phi) is 19.7. The standard InChI is InChI=1S/C22H36N2O4.C3H8.C2H6.H2/c1-7-11-17(9-3)20(26)16(5)23-22(27)15(4)21(28-6)18-13-10-14-24(18)19(25)12-8-2;1-3-2;1-2;/h7,9,11,15-16,18,20-21,26H,1,3,8,10,12-14H2,2,4-6H3,(H,23,27);3H2,1-2H3;1-2H3;1H/b17-11+;;;/t15-,16-,18+,20-,21-;;;/m1.../s1. The van der Waals surface area contributed by atoms with Gasteiger partial charge in [0.1, 0.15) is 0 Å². The number of hydrogen-bond acceptors (Lipinski definition) is 4. The number of allylic oxidation sites excluding steroid dienone is 2. The average molecular weight is 469 g/mol. The molecule has 0 saturated carbocycles. The summed E-state index contributed by atoms with van der Waals surface area (Å²) in [5.74, 6) is -0.556. The van der Waals surface area contributed by atoms with Crippen molar-refractivity contribution < 1.29 is 20.9 Å². The molecule has 1 aliphatic rings. The van der Waals surface area contributed by atoms with Crippen molar-refractivity contribution in [1.29, 1.82) is 0 Å². The normalized spacial score (nSPS) is 19.0. The van der Waals surface area contributed by atoms with E-state index >= 15 is 0 Å². The van der Waals surface area contributed by atoms with Crippen LogP contribution in [0.5, 0.6) is 0 Å². The lowest BCUT2D eigenvalue weighted by Crippen LogP contribution is -2.52. The van der Waals surface area contributed by atoms with E-state index in [9.17, 15) is 14.7 Å². The zero-order valence-electron chi connectivity index (χ0n) is 22.4. The molecule has 0 aliphatic carbocycles. The molecule has 2 amide bonds. The summed E-state index contributed by atoms with van der Waals surface area (Å²) in [5, 5.41) is 13.3. The third-order valence-corrected chi connectivity index (χ3v) is 5.37. The largest absolute Gasteiger partial charge is 0.386 e. The topological polar surface area (TPSA) is 78.9 Å². The number of carbonyl (C=O) groups excluding carboxylic acids is 2. The van der Waals surface area contributed by atoms with Crippen molar-refractivity contribution in [2.24, 2.45) is 5.92 Å². The number of rotatable bonds is 11. The molecular formula is C27H52N2O4. The van der Waals surface area contributed by atoms with Gasteiger partial charge in [-0.2, -0.15) is 0 Å². The maximum Gasteiger partial charge on any atom is 0.225 e. The van der Waals surface area contributed by atoms with Crippen LogP contribution in [0.1, 0.15) is 82.0 Å². The van der Waals surface area contributed by atoms with Gasteiger partial charge in [-0.05, 0) is 31.8 Å². The summed E-state index contributed by atoms with van der Waals surface area (Å²) in [6.45, 7) is 21.8. The number of nitrogens with one attached hydrogen (secondary N) is 1. The van der Waals surface area contributed by atoms with Crippen molar-refractivity contribution >= 4 is 11.8 Å². The Balaban J connectivity index is -0.00000148. The van der Waals surface area contributed by atoms with Crippen LogP contribution >= 0.6 is 0 Å². The summed E-state index contributed by atoms with van der Waals surface area (Å²) in [6.07, 6.45) is 7.80. The summed E-state index contributed by atoms with van der Waals surface area (Å²) < 4.78 is 5.67. The second-order valence-corrected chi connectivity index (χ2v) is 8.09. The first-order valence-corrected chi connectivity index (χ1v) is 12.5. The molecular weight excluding hydrogens is 416 g/mol. The van der Waals surface area contributed by atoms with E-state index in [1.165, 1.54) is 6.42 Å². The SMILES string of the molecule is C=C/C=C(\C=C)[C@H](O)[C@@H](C)NC(=O)[C@H](C)[C@@H](OC)[C@@H]1CCCN1C(=O)CCC.CC.CCC.[HH]. The van der Waals surface area contributed by atoms with Gasteiger partial charge in [-0.25, -0.2) is 0 Å². The third kappa shape index (κ3) is 11.2. The summed E-state index contributed by atoms with van der Waals surface area (Å²) in [4.78, 5) is 27.1. The monoisotopic (exact) mass is 468 g/mol. The molecule has 1 aliphatic heterocycles. The first kappa shape index (κ1) is 33.3. The smallest absolute Gasteiger partial charge is 0.225 e. The molecule has 0 aromatic carbocycles. The van der Waals surface area contributed by atoms with Crippen LogP contribution in [0.2, 0.25) is 0 Å². The molecule has 0 radical (unpaired) electrons. The summed E-state index contributed by atoms with van der Waals surface area (Å²) in [5.41, 5.74) is 0.589. The maximum absolute atomic E-state index is 12.8. The molecule has 1 fully saturated rings. The van der Waals surface area contributed by atoms with E-state index in [4.69, 9.17) is 4.74 Å². The van der Waals surface area contributed by atoms with Gasteiger partial charge in [0.05, 0.1) is 30.2 Å². The lowest BCUT2D eigenvalue weighted by atomic mass is 9.94. The number of likely N-dealkylation sites (tertiary alicyclic amines) is 1. The van der Waals surface area contributed by atoms with Gasteiger partial charge in [-0.3, -0.25) is 9.59 Å². The van der Waals surface area contributed by atoms with Crippen LogP contribution in [0.15, 0.2) is 37.0 Å². The van der Waals surface area contributed by atoms with Crippen LogP contribution in [-0.2, 0) is 14.3 Å². The molecule has 0 bridgehead atoms. The molecule has 0 aromatic heterocycles. The molecule has 6 nitrogen and oxygen atoms in total. The molecule has 6 heteroatoms. The highest BCUT2D eigenvalue weighted by molar-refractivity contribution is 5.80. The van der Waals surface area contributed by atoms with Crippen LogP contribution in [-0.4, -0.2) is 59.8 Å². The lowest BCUT2D eigenvalue weighted by Gasteiger charge is -2.34. The minimum atomic E-state index is -0.887. The Hall–Kier alpha value is -1.92. The zero-order valence-corrected chi connectivity index (χ0v) is 22.4. The van der Waals surface area contributed by atoms with E-state index in [1.807, 2.05) is 25.7 Å². The Bertz CT molecular complexity index is 609. The van der Waals surface area contributed by atoms with E-state index in [1.54, 1.807) is 39.2 Å². The number of amides is 2. The fourth-order valence-electron chi connectivity index (χ4n) is 3.79. The number of methoxy groups -OCH3 is 1. The van der Waals surface area contributed by atoms with E-state index in [-0.39, 0.29) is 19.3 Å². The van der Waals surface area contributed by atoms with Gasteiger partial charge in [-0.15, -0.1) is 0 Å². The fraction of sp³-hybridized carbons (Fsp3) is 0.704. The number of nitrogens with zero attached hydrogens (tertiary/aromatic N) is 1. The zero-order chi connectivity index (χ0) is 26.0. The number of carbonyl (C=O) groups is 2. The molecule has 0 unspecified atom stereocenters. The Morgan fingerprint density at radius 3 is 2.27 bits per heavy atom. The van der Waals surface area contributed by atoms with Crippen molar-refractivity contribution in [3.05, 3.63) is 37.0 Å². The minimum absolute atomic E-state index is 0. The summed E-state index contributed by atoms with van der Waals surface area (Å²) >= 11 is 0. The van der Waals surface area contributed by atoms with E-state index < -0.39 is 24.2 Å². The van der Waals surface area contributed by atoms with Gasteiger partial charge < -0.3 is 20.1 Å². The third-order valence-electron chi connectivity index (χ3n) is 5.37. The quantitative estimate of drug-likeness (QED) is 0.404. The number of ether oxygens (including phenoxy) is 1. The predicted molar refractivity (Wildman–Crippen MR) is 141 cm³/mol. The van der Waals surface area contributed by atoms with Crippen molar-refractivity contribution in [3.8, 4) is 0 Å². The van der Waals surface area contributed by atoms with Gasteiger partial charge in [-0.1, -0.05) is 79.3 Å². The molecule has 1 rings (SSSR count). The first-order valence-electron chi connectivity index (χ1n) is 12.5. The van der Waals surface area contributed by atoms with Crippen LogP contribution < -0.4 is 5.32 Å². The number of aliphatic hydroxyl groups excluding tert-OH is 1. The van der Waals surface area contributed by atoms with Crippen LogP contribution in [0.25, 0.3) is 0 Å². The Morgan fingerprint density at radius 2 is 1.82 bits per heavy atom. The first-order chi connectivity index (χ1) is 15.7. The highest BCUT2D eigenvalue weighted by Crippen LogP contribution is 2.27. The second-order valence-electron chi connectivity index (χ2n) is 8.09. The molecule has 33 heavy (non-hydrogen) atoms. The molecule has 194 valence electrons. The Morgan fingerprint density at radius 1 is 1.24 bits per heavy atom. The molecule has 5 atom stereocenters. The van der Waals surface area contributed by atoms with Crippen molar-refractivity contribution in [2.45, 2.75) is 105 Å². The number of hydrogen-bond donors (Lipinski definition) is 2. The lowest BCUT2D eigenvalue weighted by molar-refractivity contribution is -0.140. The van der Waals surface area contributed by atoms with Gasteiger partial charge in [0.2, 0.25) is 11.8 Å². The van der Waals surface area contributed by atoms with E-state index in [0.717, 1.165) is 19.3 Å². The van der Waals surface area contributed by atoms with Crippen LogP contribution in [0, 0.1) is 5.92 Å². The second kappa shape index (κ2) is 19.5. The minimum Gasteiger partial charge on any atom is -0.386 e. The molecule has 1 saturated heterocycles. The Labute approximate surface area is 204 Å². The number of aliphatic hydroxyl groups is 1. The molecule has 2 N–H and O–H groups in total. The van der Waals surface area contributed by atoms with Crippen molar-refractivity contribution in [1.82, 2.24) is 10.2 Å². The highest BCUT2D eigenvalue weighted by Gasteiger charge is 2.39. The van der Waals surface area contributed by atoms with Crippen molar-refractivity contribution in [3.63, 3.8) is 0 Å². The molecule has 0 spiro atoms. The van der Waals surface area contributed by atoms with Gasteiger partial charge in [0.25, 0.3) is 0 Å². The van der Waals surface area contributed by atoms with Crippen molar-refractivity contribution in [2.75, 3.05) is 13.7 Å². The summed E-state index contributed by atoms with van der Waals surface area (Å²) in [6, 6.07) is -0.604. The van der Waals surface area contributed by atoms with Crippen LogP contribution in [0.4, 0.5) is 0 Å². The highest BCUT2D eigenvalue weighted by atomic mass is 16.5. The molecule has 0 aromatic rings. The van der Waals surface area contributed by atoms with Gasteiger partial charge in [0.15, 0.2) is 0 Å². The summed E-state index contributed by atoms with van der Waals surface area (Å²) in [7, 11) is 1.58. The predicted octanol–water partition coefficient (Wildman–Crippen LogP) is 5.28. The average Bonchev–Trinajstić information content (AvgIpc) is 3.29. The van der Waals surface area contributed by atoms with E-state index in [0.29, 0.717) is 18.5 Å². The molecule has 1 heterocycles.